The van der Waals surface area contributed by atoms with Crippen LogP contribution in [0.25, 0.3) is 11.0 Å². The van der Waals surface area contributed by atoms with Crippen molar-refractivity contribution in [1.82, 2.24) is 9.55 Å². The zero-order valence-corrected chi connectivity index (χ0v) is 13.9. The molecule has 3 rings (SSSR count). The maximum atomic E-state index is 12.4. The summed E-state index contributed by atoms with van der Waals surface area (Å²) in [4.78, 5) is 16.8. The van der Waals surface area contributed by atoms with Gasteiger partial charge >= 0.3 is 0 Å². The molecule has 0 aliphatic carbocycles. The van der Waals surface area contributed by atoms with Gasteiger partial charge in [0.25, 0.3) is 0 Å². The summed E-state index contributed by atoms with van der Waals surface area (Å²) in [6.45, 7) is 4.14. The van der Waals surface area contributed by atoms with Gasteiger partial charge in [-0.05, 0) is 35.7 Å². The van der Waals surface area contributed by atoms with Gasteiger partial charge in [-0.15, -0.1) is 0 Å². The number of para-hydroxylation sites is 2. The van der Waals surface area contributed by atoms with Crippen molar-refractivity contribution in [3.63, 3.8) is 0 Å². The average Bonchev–Trinajstić information content (AvgIpc) is 2.93. The molecule has 0 spiro atoms. The number of fused-ring (bicyclic) bond motifs is 1. The molecule has 1 amide bonds. The summed E-state index contributed by atoms with van der Waals surface area (Å²) in [5, 5.41) is 12.4. The fraction of sp³-hybridized carbons (Fsp3) is 0.263. The molecule has 0 saturated heterocycles. The Labute approximate surface area is 141 Å². The molecular formula is C19H21N3O2. The Morgan fingerprint density at radius 1 is 1.21 bits per heavy atom. The van der Waals surface area contributed by atoms with Crippen molar-refractivity contribution in [3.8, 4) is 0 Å². The lowest BCUT2D eigenvalue weighted by molar-refractivity contribution is -0.116. The van der Waals surface area contributed by atoms with E-state index in [-0.39, 0.29) is 19.1 Å². The molecule has 2 aromatic carbocycles. The van der Waals surface area contributed by atoms with E-state index in [2.05, 4.69) is 24.1 Å². The normalized spacial score (nSPS) is 11.2. The molecule has 3 aromatic rings. The zero-order valence-electron chi connectivity index (χ0n) is 13.9. The van der Waals surface area contributed by atoms with Crippen molar-refractivity contribution >= 4 is 22.6 Å². The van der Waals surface area contributed by atoms with Crippen molar-refractivity contribution in [2.45, 2.75) is 32.9 Å². The first kappa shape index (κ1) is 16.2. The SMILES string of the molecule is CC(C)c1cccc(NC(=O)Cn2c(CO)nc3ccccc32)c1. The smallest absolute Gasteiger partial charge is 0.244 e. The number of hydrogen-bond acceptors (Lipinski definition) is 3. The summed E-state index contributed by atoms with van der Waals surface area (Å²) < 4.78 is 1.75. The second kappa shape index (κ2) is 6.84. The fourth-order valence-electron chi connectivity index (χ4n) is 2.74. The van der Waals surface area contributed by atoms with E-state index < -0.39 is 0 Å². The highest BCUT2D eigenvalue weighted by atomic mass is 16.3. The number of aliphatic hydroxyl groups excluding tert-OH is 1. The van der Waals surface area contributed by atoms with Crippen LogP contribution < -0.4 is 5.32 Å². The van der Waals surface area contributed by atoms with Gasteiger partial charge in [0.15, 0.2) is 0 Å². The number of carbonyl (C=O) groups excluding carboxylic acids is 1. The van der Waals surface area contributed by atoms with Gasteiger partial charge in [-0.1, -0.05) is 38.1 Å². The first-order valence-corrected chi connectivity index (χ1v) is 8.03. The van der Waals surface area contributed by atoms with Gasteiger partial charge in [0.2, 0.25) is 5.91 Å². The van der Waals surface area contributed by atoms with Crippen molar-refractivity contribution in [2.75, 3.05) is 5.32 Å². The third-order valence-corrected chi connectivity index (χ3v) is 4.01. The van der Waals surface area contributed by atoms with Gasteiger partial charge in [-0.25, -0.2) is 4.98 Å². The minimum absolute atomic E-state index is 0.113. The van der Waals surface area contributed by atoms with E-state index in [4.69, 9.17) is 0 Å². The monoisotopic (exact) mass is 323 g/mol. The molecule has 0 aliphatic rings. The lowest BCUT2D eigenvalue weighted by atomic mass is 10.0. The summed E-state index contributed by atoms with van der Waals surface area (Å²) >= 11 is 0. The molecule has 124 valence electrons. The second-order valence-corrected chi connectivity index (χ2v) is 6.09. The third-order valence-electron chi connectivity index (χ3n) is 4.01. The number of nitrogens with one attached hydrogen (secondary N) is 1. The molecular weight excluding hydrogens is 302 g/mol. The van der Waals surface area contributed by atoms with E-state index in [1.54, 1.807) is 4.57 Å². The zero-order chi connectivity index (χ0) is 17.1. The predicted molar refractivity (Wildman–Crippen MR) is 94.8 cm³/mol. The van der Waals surface area contributed by atoms with Crippen LogP contribution in [-0.2, 0) is 17.9 Å². The van der Waals surface area contributed by atoms with Crippen LogP contribution >= 0.6 is 0 Å². The van der Waals surface area contributed by atoms with E-state index in [1.807, 2.05) is 48.5 Å². The number of hydrogen-bond donors (Lipinski definition) is 2. The van der Waals surface area contributed by atoms with Crippen LogP contribution in [-0.4, -0.2) is 20.6 Å². The summed E-state index contributed by atoms with van der Waals surface area (Å²) in [5.41, 5.74) is 3.57. The van der Waals surface area contributed by atoms with Crippen LogP contribution in [0.1, 0.15) is 31.2 Å². The summed E-state index contributed by atoms with van der Waals surface area (Å²) in [7, 11) is 0. The van der Waals surface area contributed by atoms with Gasteiger partial charge in [-0.3, -0.25) is 4.79 Å². The van der Waals surface area contributed by atoms with Crippen LogP contribution in [0.15, 0.2) is 48.5 Å². The molecule has 5 heteroatoms. The number of imidazole rings is 1. The molecule has 0 radical (unpaired) electrons. The van der Waals surface area contributed by atoms with Gasteiger partial charge < -0.3 is 15.0 Å². The van der Waals surface area contributed by atoms with Gasteiger partial charge in [-0.2, -0.15) is 0 Å². The van der Waals surface area contributed by atoms with E-state index in [1.165, 1.54) is 5.56 Å². The quantitative estimate of drug-likeness (QED) is 0.757. The van der Waals surface area contributed by atoms with Gasteiger partial charge in [0, 0.05) is 5.69 Å². The van der Waals surface area contributed by atoms with E-state index in [9.17, 15) is 9.90 Å². The predicted octanol–water partition coefficient (Wildman–Crippen LogP) is 3.29. The van der Waals surface area contributed by atoms with Gasteiger partial charge in [0.05, 0.1) is 11.0 Å². The van der Waals surface area contributed by atoms with E-state index in [0.29, 0.717) is 11.7 Å². The van der Waals surface area contributed by atoms with Crippen molar-refractivity contribution in [1.29, 1.82) is 0 Å². The number of carbonyl (C=O) groups is 1. The van der Waals surface area contributed by atoms with Crippen LogP contribution in [0, 0.1) is 0 Å². The number of aromatic nitrogens is 2. The summed E-state index contributed by atoms with van der Waals surface area (Å²) in [6.07, 6.45) is 0. The Morgan fingerprint density at radius 2 is 2.00 bits per heavy atom. The molecule has 0 aliphatic heterocycles. The van der Waals surface area contributed by atoms with Crippen molar-refractivity contribution < 1.29 is 9.90 Å². The first-order chi connectivity index (χ1) is 11.6. The molecule has 1 heterocycles. The van der Waals surface area contributed by atoms with E-state index in [0.717, 1.165) is 16.7 Å². The topological polar surface area (TPSA) is 67.2 Å². The Morgan fingerprint density at radius 3 is 2.75 bits per heavy atom. The number of nitrogens with zero attached hydrogens (tertiary/aromatic N) is 2. The number of benzene rings is 2. The third kappa shape index (κ3) is 3.31. The highest BCUT2D eigenvalue weighted by Crippen LogP contribution is 2.19. The molecule has 5 nitrogen and oxygen atoms in total. The molecule has 0 unspecified atom stereocenters. The molecule has 2 N–H and O–H groups in total. The molecule has 24 heavy (non-hydrogen) atoms. The van der Waals surface area contributed by atoms with Gasteiger partial charge in [0.1, 0.15) is 19.0 Å². The Bertz CT molecular complexity index is 868. The highest BCUT2D eigenvalue weighted by Gasteiger charge is 2.13. The summed E-state index contributed by atoms with van der Waals surface area (Å²) in [5.74, 6) is 0.747. The molecule has 0 bridgehead atoms. The largest absolute Gasteiger partial charge is 0.388 e. The minimum atomic E-state index is -0.204. The number of rotatable bonds is 5. The summed E-state index contributed by atoms with van der Waals surface area (Å²) in [6, 6.07) is 15.4. The Balaban J connectivity index is 1.81. The molecule has 0 saturated carbocycles. The first-order valence-electron chi connectivity index (χ1n) is 8.03. The number of aliphatic hydroxyl groups is 1. The Hall–Kier alpha value is -2.66. The Kier molecular flexibility index (Phi) is 4.62. The fourth-order valence-corrected chi connectivity index (χ4v) is 2.74. The molecule has 0 atom stereocenters. The van der Waals surface area contributed by atoms with Crippen LogP contribution in [0.4, 0.5) is 5.69 Å². The lowest BCUT2D eigenvalue weighted by Crippen LogP contribution is -2.20. The molecule has 1 aromatic heterocycles. The number of amides is 1. The second-order valence-electron chi connectivity index (χ2n) is 6.09. The van der Waals surface area contributed by atoms with Crippen LogP contribution in [0.2, 0.25) is 0 Å². The molecule has 0 fully saturated rings. The van der Waals surface area contributed by atoms with Crippen LogP contribution in [0.5, 0.6) is 0 Å². The lowest BCUT2D eigenvalue weighted by Gasteiger charge is -2.11. The van der Waals surface area contributed by atoms with Crippen LogP contribution in [0.3, 0.4) is 0 Å². The number of anilines is 1. The standard InChI is InChI=1S/C19H21N3O2/c1-13(2)14-6-5-7-15(10-14)20-19(24)11-22-17-9-4-3-8-16(17)21-18(22)12-23/h3-10,13,23H,11-12H2,1-2H3,(H,20,24). The highest BCUT2D eigenvalue weighted by molar-refractivity contribution is 5.91. The van der Waals surface area contributed by atoms with Crippen molar-refractivity contribution in [2.24, 2.45) is 0 Å². The average molecular weight is 323 g/mol. The maximum absolute atomic E-state index is 12.4. The van der Waals surface area contributed by atoms with Crippen molar-refractivity contribution in [3.05, 3.63) is 59.9 Å². The minimum Gasteiger partial charge on any atom is -0.388 e. The van der Waals surface area contributed by atoms with E-state index >= 15 is 0 Å². The maximum Gasteiger partial charge on any atom is 0.244 e.